The maximum Gasteiger partial charge on any atom is 0.341 e. The van der Waals surface area contributed by atoms with Crippen LogP contribution in [0.3, 0.4) is 0 Å². The first-order valence-electron chi connectivity index (χ1n) is 4.90. The second-order valence-corrected chi connectivity index (χ2v) is 4.32. The number of allylic oxidation sites excluding steroid dienone is 1. The summed E-state index contributed by atoms with van der Waals surface area (Å²) in [4.78, 5) is 23.6. The van der Waals surface area contributed by atoms with Crippen molar-refractivity contribution in [3.8, 4) is 0 Å². The summed E-state index contributed by atoms with van der Waals surface area (Å²) in [6.07, 6.45) is 2.98. The van der Waals surface area contributed by atoms with Crippen molar-refractivity contribution in [3.63, 3.8) is 0 Å². The highest BCUT2D eigenvalue weighted by Gasteiger charge is 2.17. The third kappa shape index (κ3) is 1.76. The molecule has 5 nitrogen and oxygen atoms in total. The summed E-state index contributed by atoms with van der Waals surface area (Å²) < 4.78 is 5.77. The Labute approximate surface area is 101 Å². The van der Waals surface area contributed by atoms with E-state index in [0.29, 0.717) is 22.5 Å². The summed E-state index contributed by atoms with van der Waals surface area (Å²) in [5.41, 5.74) is -0.141. The summed E-state index contributed by atoms with van der Waals surface area (Å²) in [6.45, 7) is 5.75. The van der Waals surface area contributed by atoms with Gasteiger partial charge in [0.05, 0.1) is 11.1 Å². The van der Waals surface area contributed by atoms with Crippen LogP contribution in [0.25, 0.3) is 10.2 Å². The first-order valence-corrected chi connectivity index (χ1v) is 5.67. The normalized spacial score (nSPS) is 10.6. The van der Waals surface area contributed by atoms with E-state index < -0.39 is 11.4 Å². The van der Waals surface area contributed by atoms with Crippen molar-refractivity contribution in [1.82, 2.24) is 8.94 Å². The van der Waals surface area contributed by atoms with Gasteiger partial charge in [0.2, 0.25) is 5.43 Å². The van der Waals surface area contributed by atoms with Gasteiger partial charge in [-0.3, -0.25) is 4.79 Å². The number of aryl methyl sites for hydroxylation is 1. The Kier molecular flexibility index (Phi) is 2.81. The minimum atomic E-state index is -1.22. The number of aromatic carboxylic acids is 1. The molecular formula is C11H10N2O3S. The molecule has 0 aliphatic rings. The van der Waals surface area contributed by atoms with E-state index in [1.165, 1.54) is 17.7 Å². The number of carboxylic acid groups (broad SMARTS) is 1. The second-order valence-electron chi connectivity index (χ2n) is 3.57. The Balaban J connectivity index is 2.91. The molecule has 2 heterocycles. The fourth-order valence-corrected chi connectivity index (χ4v) is 2.53. The molecule has 0 aliphatic heterocycles. The second kappa shape index (κ2) is 4.14. The topological polar surface area (TPSA) is 72.2 Å². The summed E-state index contributed by atoms with van der Waals surface area (Å²) in [7, 11) is 0. The quantitative estimate of drug-likeness (QED) is 0.841. The maximum absolute atomic E-state index is 12.0. The van der Waals surface area contributed by atoms with Gasteiger partial charge >= 0.3 is 5.97 Å². The van der Waals surface area contributed by atoms with E-state index in [-0.39, 0.29) is 5.56 Å². The largest absolute Gasteiger partial charge is 0.477 e. The summed E-state index contributed by atoms with van der Waals surface area (Å²) in [5.74, 6) is -1.22. The highest BCUT2D eigenvalue weighted by Crippen LogP contribution is 2.20. The van der Waals surface area contributed by atoms with Crippen LogP contribution in [-0.2, 0) is 6.54 Å². The van der Waals surface area contributed by atoms with Gasteiger partial charge < -0.3 is 9.67 Å². The Morgan fingerprint density at radius 1 is 1.71 bits per heavy atom. The molecule has 2 aromatic heterocycles. The number of carbonyl (C=O) groups is 1. The maximum atomic E-state index is 12.0. The Morgan fingerprint density at radius 3 is 3.00 bits per heavy atom. The van der Waals surface area contributed by atoms with Gasteiger partial charge in [0.15, 0.2) is 0 Å². The number of carboxylic acids is 1. The van der Waals surface area contributed by atoms with Crippen LogP contribution in [0.15, 0.2) is 23.6 Å². The molecule has 0 amide bonds. The Hall–Kier alpha value is -1.95. The van der Waals surface area contributed by atoms with Crippen molar-refractivity contribution in [3.05, 3.63) is 40.3 Å². The van der Waals surface area contributed by atoms with E-state index >= 15 is 0 Å². The lowest BCUT2D eigenvalue weighted by atomic mass is 10.2. The number of aromatic nitrogens is 2. The Morgan fingerprint density at radius 2 is 2.41 bits per heavy atom. The van der Waals surface area contributed by atoms with Crippen LogP contribution < -0.4 is 5.43 Å². The number of rotatable bonds is 3. The summed E-state index contributed by atoms with van der Waals surface area (Å²) in [6, 6.07) is 0. The molecule has 0 bridgehead atoms. The van der Waals surface area contributed by atoms with E-state index in [9.17, 15) is 9.59 Å². The molecule has 0 aliphatic carbocycles. The number of hydrogen-bond acceptors (Lipinski definition) is 4. The van der Waals surface area contributed by atoms with Crippen molar-refractivity contribution in [2.24, 2.45) is 0 Å². The highest BCUT2D eigenvalue weighted by molar-refractivity contribution is 7.13. The lowest BCUT2D eigenvalue weighted by Crippen LogP contribution is -2.18. The number of pyridine rings is 1. The molecule has 2 aromatic rings. The van der Waals surface area contributed by atoms with Gasteiger partial charge in [0.1, 0.15) is 10.4 Å². The van der Waals surface area contributed by atoms with E-state index in [1.807, 2.05) is 0 Å². The van der Waals surface area contributed by atoms with Gasteiger partial charge in [-0.05, 0) is 18.5 Å². The molecule has 17 heavy (non-hydrogen) atoms. The number of nitrogens with zero attached hydrogens (tertiary/aromatic N) is 2. The molecule has 6 heteroatoms. The monoisotopic (exact) mass is 250 g/mol. The van der Waals surface area contributed by atoms with Gasteiger partial charge in [0.25, 0.3) is 0 Å². The molecule has 88 valence electrons. The predicted octanol–water partition coefficient (Wildman–Crippen LogP) is 1.65. The molecule has 2 rings (SSSR count). The number of fused-ring (bicyclic) bond motifs is 1. The molecule has 0 spiro atoms. The average Bonchev–Trinajstić information content (AvgIpc) is 2.65. The predicted molar refractivity (Wildman–Crippen MR) is 65.8 cm³/mol. The third-order valence-electron chi connectivity index (χ3n) is 2.42. The fourth-order valence-electron chi connectivity index (χ4n) is 1.65. The van der Waals surface area contributed by atoms with Crippen LogP contribution in [0.1, 0.15) is 16.1 Å². The minimum absolute atomic E-state index is 0.234. The first kappa shape index (κ1) is 11.5. The van der Waals surface area contributed by atoms with Gasteiger partial charge in [-0.25, -0.2) is 4.79 Å². The molecule has 0 saturated carbocycles. The fraction of sp³-hybridized carbons (Fsp3) is 0.182. The van der Waals surface area contributed by atoms with Gasteiger partial charge in [0, 0.05) is 12.7 Å². The standard InChI is InChI=1S/C11H10N2O3S/c1-3-4-13-5-7(11(15)16)9(14)8-6(2)12-17-10(8)13/h3,5H,1,4H2,2H3,(H,15,16). The molecule has 1 N–H and O–H groups in total. The molecule has 0 atom stereocenters. The first-order chi connectivity index (χ1) is 8.06. The third-order valence-corrected chi connectivity index (χ3v) is 3.40. The molecule has 0 saturated heterocycles. The zero-order valence-electron chi connectivity index (χ0n) is 9.14. The van der Waals surface area contributed by atoms with Crippen LogP contribution in [0.2, 0.25) is 0 Å². The van der Waals surface area contributed by atoms with E-state index in [4.69, 9.17) is 5.11 Å². The lowest BCUT2D eigenvalue weighted by molar-refractivity contribution is 0.0695. The molecule has 0 radical (unpaired) electrons. The number of hydrogen-bond donors (Lipinski definition) is 1. The van der Waals surface area contributed by atoms with Crippen LogP contribution >= 0.6 is 11.5 Å². The zero-order chi connectivity index (χ0) is 12.6. The van der Waals surface area contributed by atoms with Crippen molar-refractivity contribution in [2.75, 3.05) is 0 Å². The minimum Gasteiger partial charge on any atom is -0.477 e. The molecule has 0 fully saturated rings. The summed E-state index contributed by atoms with van der Waals surface area (Å²) >= 11 is 1.19. The lowest BCUT2D eigenvalue weighted by Gasteiger charge is -2.05. The summed E-state index contributed by atoms with van der Waals surface area (Å²) in [5, 5.41) is 9.38. The van der Waals surface area contributed by atoms with E-state index in [2.05, 4.69) is 11.0 Å². The molecular weight excluding hydrogens is 240 g/mol. The SMILES string of the molecule is C=CCn1cc(C(=O)O)c(=O)c2c(C)nsc21. The van der Waals surface area contributed by atoms with Crippen LogP contribution in [0.4, 0.5) is 0 Å². The van der Waals surface area contributed by atoms with Crippen LogP contribution in [0.5, 0.6) is 0 Å². The van der Waals surface area contributed by atoms with Gasteiger partial charge in [-0.2, -0.15) is 4.37 Å². The van der Waals surface area contributed by atoms with Crippen molar-refractivity contribution >= 4 is 27.7 Å². The van der Waals surface area contributed by atoms with Gasteiger partial charge in [-0.1, -0.05) is 6.08 Å². The molecule has 0 aromatic carbocycles. The molecule has 0 unspecified atom stereocenters. The van der Waals surface area contributed by atoms with Crippen molar-refractivity contribution in [2.45, 2.75) is 13.5 Å². The van der Waals surface area contributed by atoms with Crippen LogP contribution in [0, 0.1) is 6.92 Å². The van der Waals surface area contributed by atoms with Crippen molar-refractivity contribution < 1.29 is 9.90 Å². The van der Waals surface area contributed by atoms with E-state index in [0.717, 1.165) is 0 Å². The zero-order valence-corrected chi connectivity index (χ0v) is 9.95. The van der Waals surface area contributed by atoms with E-state index in [1.54, 1.807) is 17.6 Å². The van der Waals surface area contributed by atoms with Gasteiger partial charge in [-0.15, -0.1) is 6.58 Å². The van der Waals surface area contributed by atoms with Crippen molar-refractivity contribution in [1.29, 1.82) is 0 Å². The average molecular weight is 250 g/mol. The smallest absolute Gasteiger partial charge is 0.341 e. The Bertz CT molecular complexity index is 669. The van der Waals surface area contributed by atoms with Crippen LogP contribution in [-0.4, -0.2) is 20.0 Å². The highest BCUT2D eigenvalue weighted by atomic mass is 32.1.